The average molecular weight is 436 g/mol. The molecule has 0 atom stereocenters. The molecule has 3 amide bonds. The summed E-state index contributed by atoms with van der Waals surface area (Å²) in [6.45, 7) is 3.20. The molecule has 168 valence electrons. The number of methoxy groups -OCH3 is 1. The van der Waals surface area contributed by atoms with Gasteiger partial charge in [0.1, 0.15) is 12.3 Å². The molecule has 0 aliphatic carbocycles. The maximum Gasteiger partial charge on any atom is 0.322 e. The summed E-state index contributed by atoms with van der Waals surface area (Å²) in [6, 6.07) is 20.5. The summed E-state index contributed by atoms with van der Waals surface area (Å²) in [7, 11) is 1.57. The smallest absolute Gasteiger partial charge is 0.322 e. The monoisotopic (exact) mass is 435 g/mol. The second kappa shape index (κ2) is 11.7. The number of ether oxygens (including phenoxy) is 1. The lowest BCUT2D eigenvalue weighted by atomic mass is 10.2. The molecule has 32 heavy (non-hydrogen) atoms. The van der Waals surface area contributed by atoms with Gasteiger partial charge in [-0.25, -0.2) is 4.79 Å². The van der Waals surface area contributed by atoms with Crippen LogP contribution < -0.4 is 5.32 Å². The summed E-state index contributed by atoms with van der Waals surface area (Å²) in [5.41, 5.74) is 2.66. The van der Waals surface area contributed by atoms with Crippen LogP contribution in [0.4, 0.5) is 10.5 Å². The van der Waals surface area contributed by atoms with Crippen LogP contribution in [0.5, 0.6) is 0 Å². The van der Waals surface area contributed by atoms with E-state index in [1.165, 1.54) is 4.90 Å². The quantitative estimate of drug-likeness (QED) is 0.515. The highest BCUT2D eigenvalue weighted by atomic mass is 16.5. The summed E-state index contributed by atoms with van der Waals surface area (Å²) >= 11 is 0. The predicted octanol–water partition coefficient (Wildman–Crippen LogP) is 4.30. The van der Waals surface area contributed by atoms with Gasteiger partial charge < -0.3 is 24.3 Å². The van der Waals surface area contributed by atoms with Gasteiger partial charge in [-0.15, -0.1) is 0 Å². The van der Waals surface area contributed by atoms with Crippen LogP contribution in [-0.4, -0.2) is 48.5 Å². The van der Waals surface area contributed by atoms with Gasteiger partial charge in [0.15, 0.2) is 0 Å². The van der Waals surface area contributed by atoms with E-state index in [0.717, 1.165) is 11.1 Å². The number of anilines is 1. The number of nitrogens with zero attached hydrogens (tertiary/aromatic N) is 2. The Hall–Kier alpha value is -3.58. The van der Waals surface area contributed by atoms with Crippen LogP contribution >= 0.6 is 0 Å². The van der Waals surface area contributed by atoms with Crippen molar-refractivity contribution in [1.82, 2.24) is 9.80 Å². The molecule has 7 nitrogen and oxygen atoms in total. The van der Waals surface area contributed by atoms with Gasteiger partial charge >= 0.3 is 6.03 Å². The molecule has 0 radical (unpaired) electrons. The van der Waals surface area contributed by atoms with Gasteiger partial charge in [-0.1, -0.05) is 48.5 Å². The van der Waals surface area contributed by atoms with Crippen molar-refractivity contribution < 1.29 is 18.7 Å². The van der Waals surface area contributed by atoms with Gasteiger partial charge in [-0.05, 0) is 36.2 Å². The fraction of sp³-hybridized carbons (Fsp3) is 0.280. The number of furan rings is 1. The van der Waals surface area contributed by atoms with Gasteiger partial charge in [0, 0.05) is 25.9 Å². The van der Waals surface area contributed by atoms with E-state index in [1.54, 1.807) is 24.3 Å². The minimum atomic E-state index is -0.345. The minimum Gasteiger partial charge on any atom is -0.467 e. The highest BCUT2D eigenvalue weighted by Crippen LogP contribution is 2.15. The third-order valence-corrected chi connectivity index (χ3v) is 5.06. The Morgan fingerprint density at radius 3 is 2.38 bits per heavy atom. The maximum absolute atomic E-state index is 13.3. The molecule has 2 aromatic carbocycles. The standard InChI is InChI=1S/C25H29N3O4/c1-20-9-6-7-13-23(20)26-25(30)27(14-16-31-2)19-24(29)28(18-22-12-8-15-32-22)17-21-10-4-3-5-11-21/h3-13,15H,14,16-19H2,1-2H3,(H,26,30). The van der Waals surface area contributed by atoms with Crippen LogP contribution in [0.15, 0.2) is 77.4 Å². The van der Waals surface area contributed by atoms with Crippen molar-refractivity contribution in [2.75, 3.05) is 32.1 Å². The number of urea groups is 1. The summed E-state index contributed by atoms with van der Waals surface area (Å²) in [6.07, 6.45) is 1.58. The number of para-hydroxylation sites is 1. The van der Waals surface area contributed by atoms with Crippen molar-refractivity contribution in [3.8, 4) is 0 Å². The minimum absolute atomic E-state index is 0.0748. The normalized spacial score (nSPS) is 10.6. The Morgan fingerprint density at radius 1 is 0.938 bits per heavy atom. The molecule has 1 N–H and O–H groups in total. The molecule has 0 aliphatic rings. The molecule has 1 aromatic heterocycles. The van der Waals surface area contributed by atoms with E-state index in [4.69, 9.17) is 9.15 Å². The van der Waals surface area contributed by atoms with E-state index >= 15 is 0 Å². The molecule has 0 bridgehead atoms. The third-order valence-electron chi connectivity index (χ3n) is 5.06. The van der Waals surface area contributed by atoms with E-state index in [2.05, 4.69) is 5.32 Å². The predicted molar refractivity (Wildman–Crippen MR) is 123 cm³/mol. The Morgan fingerprint density at radius 2 is 1.69 bits per heavy atom. The van der Waals surface area contributed by atoms with Crippen molar-refractivity contribution in [2.24, 2.45) is 0 Å². The fourth-order valence-corrected chi connectivity index (χ4v) is 3.25. The molecule has 0 aliphatic heterocycles. The number of amides is 3. The van der Waals surface area contributed by atoms with Crippen LogP contribution in [0.3, 0.4) is 0 Å². The van der Waals surface area contributed by atoms with Crippen LogP contribution in [0.1, 0.15) is 16.9 Å². The lowest BCUT2D eigenvalue weighted by Gasteiger charge is -2.27. The number of hydrogen-bond donors (Lipinski definition) is 1. The maximum atomic E-state index is 13.3. The second-order valence-corrected chi connectivity index (χ2v) is 7.47. The Bertz CT molecular complexity index is 989. The molecule has 0 saturated heterocycles. The van der Waals surface area contributed by atoms with Crippen molar-refractivity contribution in [1.29, 1.82) is 0 Å². The number of hydrogen-bond acceptors (Lipinski definition) is 4. The molecule has 3 rings (SSSR count). The second-order valence-electron chi connectivity index (χ2n) is 7.47. The highest BCUT2D eigenvalue weighted by molar-refractivity contribution is 5.93. The summed E-state index contributed by atoms with van der Waals surface area (Å²) in [4.78, 5) is 29.4. The molecule has 0 fully saturated rings. The zero-order valence-corrected chi connectivity index (χ0v) is 18.5. The zero-order valence-electron chi connectivity index (χ0n) is 18.5. The largest absolute Gasteiger partial charge is 0.467 e. The van der Waals surface area contributed by atoms with Gasteiger partial charge in [0.05, 0.1) is 19.4 Å². The van der Waals surface area contributed by atoms with E-state index in [1.807, 2.05) is 67.6 Å². The lowest BCUT2D eigenvalue weighted by Crippen LogP contribution is -2.45. The number of carbonyl (C=O) groups is 2. The van der Waals surface area contributed by atoms with Crippen LogP contribution in [0.25, 0.3) is 0 Å². The topological polar surface area (TPSA) is 75.0 Å². The highest BCUT2D eigenvalue weighted by Gasteiger charge is 2.23. The summed E-state index contributed by atoms with van der Waals surface area (Å²) < 4.78 is 10.6. The molecule has 0 unspecified atom stereocenters. The SMILES string of the molecule is COCCN(CC(=O)N(Cc1ccccc1)Cc1ccco1)C(=O)Nc1ccccc1C. The molecule has 3 aromatic rings. The number of aryl methyl sites for hydroxylation is 1. The van der Waals surface area contributed by atoms with Crippen molar-refractivity contribution in [2.45, 2.75) is 20.0 Å². The van der Waals surface area contributed by atoms with Gasteiger partial charge in [-0.2, -0.15) is 0 Å². The number of rotatable bonds is 10. The molecular formula is C25H29N3O4. The van der Waals surface area contributed by atoms with Gasteiger partial charge in [0.2, 0.25) is 5.91 Å². The summed E-state index contributed by atoms with van der Waals surface area (Å²) in [5.74, 6) is 0.503. The molecular weight excluding hydrogens is 406 g/mol. The van der Waals surface area contributed by atoms with Gasteiger partial charge in [-0.3, -0.25) is 4.79 Å². The Labute approximate surface area is 188 Å². The van der Waals surface area contributed by atoms with Crippen LogP contribution in [0.2, 0.25) is 0 Å². The molecule has 0 spiro atoms. The van der Waals surface area contributed by atoms with Crippen molar-refractivity contribution >= 4 is 17.6 Å². The lowest BCUT2D eigenvalue weighted by molar-refractivity contribution is -0.133. The molecule has 7 heteroatoms. The Balaban J connectivity index is 1.74. The van der Waals surface area contributed by atoms with E-state index in [-0.39, 0.29) is 18.5 Å². The first kappa shape index (κ1) is 23.1. The zero-order chi connectivity index (χ0) is 22.8. The third kappa shape index (κ3) is 6.72. The first-order chi connectivity index (χ1) is 15.6. The van der Waals surface area contributed by atoms with E-state index in [0.29, 0.717) is 37.7 Å². The van der Waals surface area contributed by atoms with E-state index < -0.39 is 0 Å². The average Bonchev–Trinajstić information content (AvgIpc) is 3.31. The summed E-state index contributed by atoms with van der Waals surface area (Å²) in [5, 5.41) is 2.90. The molecule has 1 heterocycles. The van der Waals surface area contributed by atoms with Crippen LogP contribution in [0, 0.1) is 6.92 Å². The number of benzene rings is 2. The first-order valence-electron chi connectivity index (χ1n) is 10.5. The van der Waals surface area contributed by atoms with Crippen molar-refractivity contribution in [3.05, 3.63) is 89.9 Å². The number of nitrogens with one attached hydrogen (secondary N) is 1. The Kier molecular flexibility index (Phi) is 8.45. The first-order valence-corrected chi connectivity index (χ1v) is 10.5. The van der Waals surface area contributed by atoms with E-state index in [9.17, 15) is 9.59 Å². The fourth-order valence-electron chi connectivity index (χ4n) is 3.25. The van der Waals surface area contributed by atoms with Crippen LogP contribution in [-0.2, 0) is 22.6 Å². The van der Waals surface area contributed by atoms with Crippen molar-refractivity contribution in [3.63, 3.8) is 0 Å². The molecule has 0 saturated carbocycles. The van der Waals surface area contributed by atoms with Gasteiger partial charge in [0.25, 0.3) is 0 Å². The number of carbonyl (C=O) groups excluding carboxylic acids is 2.